The largest absolute Gasteiger partial charge is 0.496 e. The SMILES string of the molecule is COc1cc(OC)c2c(c1OC)CCC2CCN. The van der Waals surface area contributed by atoms with Crippen LogP contribution in [0.3, 0.4) is 0 Å². The molecule has 0 spiro atoms. The smallest absolute Gasteiger partial charge is 0.164 e. The van der Waals surface area contributed by atoms with Gasteiger partial charge in [0.05, 0.1) is 21.3 Å². The number of ether oxygens (including phenoxy) is 3. The van der Waals surface area contributed by atoms with E-state index in [9.17, 15) is 0 Å². The number of methoxy groups -OCH3 is 3. The minimum Gasteiger partial charge on any atom is -0.496 e. The Hall–Kier alpha value is -1.42. The van der Waals surface area contributed by atoms with Crippen molar-refractivity contribution in [1.29, 1.82) is 0 Å². The molecule has 1 aromatic rings. The Morgan fingerprint density at radius 3 is 2.44 bits per heavy atom. The molecule has 18 heavy (non-hydrogen) atoms. The van der Waals surface area contributed by atoms with Gasteiger partial charge >= 0.3 is 0 Å². The molecule has 0 fully saturated rings. The van der Waals surface area contributed by atoms with Gasteiger partial charge in [-0.2, -0.15) is 0 Å². The molecule has 0 saturated carbocycles. The molecule has 0 aliphatic heterocycles. The number of rotatable bonds is 5. The monoisotopic (exact) mass is 251 g/mol. The second-order valence-corrected chi connectivity index (χ2v) is 4.52. The Balaban J connectivity index is 2.54. The van der Waals surface area contributed by atoms with Crippen LogP contribution in [0.5, 0.6) is 17.2 Å². The van der Waals surface area contributed by atoms with E-state index in [0.717, 1.165) is 36.5 Å². The summed E-state index contributed by atoms with van der Waals surface area (Å²) in [6, 6.07) is 1.91. The van der Waals surface area contributed by atoms with Crippen molar-refractivity contribution in [3.63, 3.8) is 0 Å². The van der Waals surface area contributed by atoms with E-state index in [1.807, 2.05) is 6.07 Å². The molecule has 0 bridgehead atoms. The first-order valence-corrected chi connectivity index (χ1v) is 6.28. The van der Waals surface area contributed by atoms with E-state index in [4.69, 9.17) is 19.9 Å². The normalized spacial score (nSPS) is 17.4. The lowest BCUT2D eigenvalue weighted by Crippen LogP contribution is -2.06. The predicted molar refractivity (Wildman–Crippen MR) is 70.8 cm³/mol. The van der Waals surface area contributed by atoms with Crippen LogP contribution in [0.4, 0.5) is 0 Å². The number of hydrogen-bond donors (Lipinski definition) is 1. The molecule has 0 amide bonds. The maximum absolute atomic E-state index is 5.69. The first kappa shape index (κ1) is 13.0. The zero-order valence-electron chi connectivity index (χ0n) is 11.3. The van der Waals surface area contributed by atoms with Gasteiger partial charge in [-0.3, -0.25) is 0 Å². The van der Waals surface area contributed by atoms with Crippen molar-refractivity contribution in [2.45, 2.75) is 25.2 Å². The van der Waals surface area contributed by atoms with Crippen molar-refractivity contribution in [2.24, 2.45) is 5.73 Å². The van der Waals surface area contributed by atoms with E-state index in [1.165, 1.54) is 11.1 Å². The molecule has 4 heteroatoms. The van der Waals surface area contributed by atoms with E-state index in [1.54, 1.807) is 21.3 Å². The number of nitrogens with two attached hydrogens (primary N) is 1. The molecular weight excluding hydrogens is 230 g/mol. The summed E-state index contributed by atoms with van der Waals surface area (Å²) >= 11 is 0. The van der Waals surface area contributed by atoms with Crippen molar-refractivity contribution < 1.29 is 14.2 Å². The number of hydrogen-bond acceptors (Lipinski definition) is 4. The summed E-state index contributed by atoms with van der Waals surface area (Å²) in [7, 11) is 5.02. The Morgan fingerprint density at radius 2 is 1.89 bits per heavy atom. The van der Waals surface area contributed by atoms with Crippen LogP contribution in [0, 0.1) is 0 Å². The van der Waals surface area contributed by atoms with Crippen LogP contribution in [0.2, 0.25) is 0 Å². The number of benzene rings is 1. The van der Waals surface area contributed by atoms with Gasteiger partial charge in [0.2, 0.25) is 0 Å². The molecule has 1 aromatic carbocycles. The van der Waals surface area contributed by atoms with Gasteiger partial charge < -0.3 is 19.9 Å². The first-order valence-electron chi connectivity index (χ1n) is 6.28. The van der Waals surface area contributed by atoms with Gasteiger partial charge in [0.25, 0.3) is 0 Å². The summed E-state index contributed by atoms with van der Waals surface area (Å²) in [5.41, 5.74) is 8.15. The molecule has 2 rings (SSSR count). The summed E-state index contributed by atoms with van der Waals surface area (Å²) in [4.78, 5) is 0. The minimum atomic E-state index is 0.472. The van der Waals surface area contributed by atoms with Crippen LogP contribution in [-0.4, -0.2) is 27.9 Å². The highest BCUT2D eigenvalue weighted by atomic mass is 16.5. The van der Waals surface area contributed by atoms with Crippen LogP contribution in [0.15, 0.2) is 6.07 Å². The molecule has 100 valence electrons. The molecule has 1 aliphatic carbocycles. The minimum absolute atomic E-state index is 0.472. The van der Waals surface area contributed by atoms with Crippen LogP contribution in [-0.2, 0) is 6.42 Å². The van der Waals surface area contributed by atoms with E-state index in [-0.39, 0.29) is 0 Å². The van der Waals surface area contributed by atoms with E-state index >= 15 is 0 Å². The van der Waals surface area contributed by atoms with Gasteiger partial charge in [-0.05, 0) is 31.7 Å². The van der Waals surface area contributed by atoms with Gasteiger partial charge in [-0.1, -0.05) is 0 Å². The zero-order valence-corrected chi connectivity index (χ0v) is 11.3. The fraction of sp³-hybridized carbons (Fsp3) is 0.571. The molecular formula is C14H21NO3. The van der Waals surface area contributed by atoms with E-state index < -0.39 is 0 Å². The quantitative estimate of drug-likeness (QED) is 0.870. The lowest BCUT2D eigenvalue weighted by Gasteiger charge is -2.18. The highest BCUT2D eigenvalue weighted by molar-refractivity contribution is 5.60. The zero-order chi connectivity index (χ0) is 13.1. The fourth-order valence-corrected chi connectivity index (χ4v) is 2.87. The van der Waals surface area contributed by atoms with Gasteiger partial charge in [0, 0.05) is 17.2 Å². The third-order valence-corrected chi connectivity index (χ3v) is 3.66. The molecule has 1 unspecified atom stereocenters. The van der Waals surface area contributed by atoms with Crippen molar-refractivity contribution in [3.8, 4) is 17.2 Å². The van der Waals surface area contributed by atoms with Gasteiger partial charge in [0.15, 0.2) is 11.5 Å². The predicted octanol–water partition coefficient (Wildman–Crippen LogP) is 2.09. The molecule has 2 N–H and O–H groups in total. The Bertz CT molecular complexity index is 432. The summed E-state index contributed by atoms with van der Waals surface area (Å²) in [6.45, 7) is 0.696. The molecule has 0 aromatic heterocycles. The molecule has 4 nitrogen and oxygen atoms in total. The van der Waals surface area contributed by atoms with Gasteiger partial charge in [-0.25, -0.2) is 0 Å². The molecule has 1 aliphatic rings. The Labute approximate surface area is 108 Å². The van der Waals surface area contributed by atoms with Crippen molar-refractivity contribution in [3.05, 3.63) is 17.2 Å². The molecule has 0 radical (unpaired) electrons. The number of fused-ring (bicyclic) bond motifs is 1. The third kappa shape index (κ3) is 2.01. The average molecular weight is 251 g/mol. The summed E-state index contributed by atoms with van der Waals surface area (Å²) in [5, 5.41) is 0. The molecule has 0 heterocycles. The Morgan fingerprint density at radius 1 is 1.17 bits per heavy atom. The average Bonchev–Trinajstić information content (AvgIpc) is 2.81. The standard InChI is InChI=1S/C14H21NO3/c1-16-11-8-12(17-2)14(18-3)10-5-4-9(6-7-15)13(10)11/h8-9H,4-7,15H2,1-3H3. The van der Waals surface area contributed by atoms with Gasteiger partial charge in [0.1, 0.15) is 5.75 Å². The second-order valence-electron chi connectivity index (χ2n) is 4.52. The summed E-state index contributed by atoms with van der Waals surface area (Å²) in [5.74, 6) is 2.94. The van der Waals surface area contributed by atoms with Crippen molar-refractivity contribution >= 4 is 0 Å². The topological polar surface area (TPSA) is 53.7 Å². The van der Waals surface area contributed by atoms with Crippen LogP contribution in [0.1, 0.15) is 29.9 Å². The first-order chi connectivity index (χ1) is 8.76. The summed E-state index contributed by atoms with van der Waals surface area (Å²) in [6.07, 6.45) is 3.09. The second kappa shape index (κ2) is 5.48. The molecule has 1 atom stereocenters. The van der Waals surface area contributed by atoms with Crippen molar-refractivity contribution in [1.82, 2.24) is 0 Å². The third-order valence-electron chi connectivity index (χ3n) is 3.66. The lowest BCUT2D eigenvalue weighted by atomic mass is 9.96. The van der Waals surface area contributed by atoms with Crippen molar-refractivity contribution in [2.75, 3.05) is 27.9 Å². The summed E-state index contributed by atoms with van der Waals surface area (Å²) < 4.78 is 16.4. The highest BCUT2D eigenvalue weighted by Crippen LogP contribution is 2.49. The Kier molecular flexibility index (Phi) is 3.97. The fourth-order valence-electron chi connectivity index (χ4n) is 2.87. The van der Waals surface area contributed by atoms with E-state index in [2.05, 4.69) is 0 Å². The molecule has 0 saturated heterocycles. The van der Waals surface area contributed by atoms with Crippen LogP contribution in [0.25, 0.3) is 0 Å². The lowest BCUT2D eigenvalue weighted by molar-refractivity contribution is 0.345. The maximum atomic E-state index is 5.69. The van der Waals surface area contributed by atoms with E-state index in [0.29, 0.717) is 12.5 Å². The highest BCUT2D eigenvalue weighted by Gasteiger charge is 2.30. The van der Waals surface area contributed by atoms with Crippen LogP contribution < -0.4 is 19.9 Å². The maximum Gasteiger partial charge on any atom is 0.164 e. The van der Waals surface area contributed by atoms with Gasteiger partial charge in [-0.15, -0.1) is 0 Å². The van der Waals surface area contributed by atoms with Crippen LogP contribution >= 0.6 is 0 Å².